The predicted molar refractivity (Wildman–Crippen MR) is 60.5 cm³/mol. The Hall–Kier alpha value is -1.88. The number of hydrogen-bond acceptors (Lipinski definition) is 4. The number of rotatable bonds is 4. The van der Waals surface area contributed by atoms with E-state index in [0.29, 0.717) is 11.8 Å². The van der Waals surface area contributed by atoms with Crippen molar-refractivity contribution in [2.75, 3.05) is 0 Å². The molecule has 5 heteroatoms. The highest BCUT2D eigenvalue weighted by Gasteiger charge is 2.23. The van der Waals surface area contributed by atoms with Gasteiger partial charge in [-0.15, -0.1) is 0 Å². The molecule has 0 bridgehead atoms. The summed E-state index contributed by atoms with van der Waals surface area (Å²) in [5.74, 6) is 0.799. The van der Waals surface area contributed by atoms with Gasteiger partial charge < -0.3 is 9.84 Å². The normalized spacial score (nSPS) is 16.8. The third-order valence-corrected chi connectivity index (χ3v) is 2.71. The van der Waals surface area contributed by atoms with E-state index in [-0.39, 0.29) is 0 Å². The van der Waals surface area contributed by atoms with Gasteiger partial charge in [0.05, 0.1) is 12.3 Å². The Bertz CT molecular complexity index is 494. The number of aromatic nitrogens is 3. The second-order valence-corrected chi connectivity index (χ2v) is 4.19. The number of hydrogen-bond donors (Lipinski definition) is 2. The van der Waals surface area contributed by atoms with Crippen LogP contribution in [0.2, 0.25) is 0 Å². The molecule has 0 amide bonds. The molecule has 1 saturated carbocycles. The van der Waals surface area contributed by atoms with Crippen molar-refractivity contribution in [3.63, 3.8) is 0 Å². The fourth-order valence-corrected chi connectivity index (χ4v) is 1.65. The summed E-state index contributed by atoms with van der Waals surface area (Å²) >= 11 is 0. The van der Waals surface area contributed by atoms with E-state index < -0.39 is 6.10 Å². The molecule has 2 N–H and O–H groups in total. The third-order valence-electron chi connectivity index (χ3n) is 2.71. The van der Waals surface area contributed by atoms with Crippen molar-refractivity contribution in [1.29, 1.82) is 0 Å². The van der Waals surface area contributed by atoms with Gasteiger partial charge in [-0.2, -0.15) is 15.4 Å². The molecular formula is C12H13N3O2. The number of benzene rings is 1. The van der Waals surface area contributed by atoms with Gasteiger partial charge in [-0.25, -0.2) is 0 Å². The lowest BCUT2D eigenvalue weighted by Crippen LogP contribution is -2.02. The fraction of sp³-hybridized carbons (Fsp3) is 0.333. The lowest BCUT2D eigenvalue weighted by atomic mass is 10.1. The minimum absolute atomic E-state index is 0.356. The maximum absolute atomic E-state index is 10.1. The molecular weight excluding hydrogens is 218 g/mol. The van der Waals surface area contributed by atoms with Gasteiger partial charge in [-0.1, -0.05) is 12.1 Å². The second kappa shape index (κ2) is 4.18. The molecule has 1 unspecified atom stereocenters. The lowest BCUT2D eigenvalue weighted by Gasteiger charge is -2.10. The van der Waals surface area contributed by atoms with Crippen LogP contribution in [-0.2, 0) is 0 Å². The Kier molecular flexibility index (Phi) is 2.53. The van der Waals surface area contributed by atoms with Crippen LogP contribution in [0, 0.1) is 0 Å². The molecule has 1 heterocycles. The van der Waals surface area contributed by atoms with Crippen LogP contribution >= 0.6 is 0 Å². The van der Waals surface area contributed by atoms with Crippen LogP contribution in [0.1, 0.15) is 30.2 Å². The van der Waals surface area contributed by atoms with E-state index in [1.165, 1.54) is 6.20 Å². The molecule has 5 nitrogen and oxygen atoms in total. The molecule has 1 fully saturated rings. The topological polar surface area (TPSA) is 71.0 Å². The summed E-state index contributed by atoms with van der Waals surface area (Å²) in [6, 6.07) is 7.46. The number of aromatic amines is 1. The molecule has 2 aromatic rings. The van der Waals surface area contributed by atoms with Crippen molar-refractivity contribution in [2.45, 2.75) is 25.0 Å². The van der Waals surface area contributed by atoms with Gasteiger partial charge in [0, 0.05) is 0 Å². The number of nitrogens with zero attached hydrogens (tertiary/aromatic N) is 2. The number of nitrogens with one attached hydrogen (secondary N) is 1. The maximum Gasteiger partial charge on any atom is 0.125 e. The first-order valence-electron chi connectivity index (χ1n) is 5.63. The molecule has 0 radical (unpaired) electrons. The average Bonchev–Trinajstić information content (AvgIpc) is 2.99. The molecule has 1 aliphatic carbocycles. The summed E-state index contributed by atoms with van der Waals surface area (Å²) < 4.78 is 5.68. The molecule has 1 aromatic heterocycles. The second-order valence-electron chi connectivity index (χ2n) is 4.19. The van der Waals surface area contributed by atoms with E-state index in [1.54, 1.807) is 0 Å². The average molecular weight is 231 g/mol. The highest BCUT2D eigenvalue weighted by molar-refractivity contribution is 5.33. The molecule has 0 saturated heterocycles. The highest BCUT2D eigenvalue weighted by Crippen LogP contribution is 2.29. The summed E-state index contributed by atoms with van der Waals surface area (Å²) in [7, 11) is 0. The Labute approximate surface area is 98.4 Å². The Morgan fingerprint density at radius 1 is 1.41 bits per heavy atom. The van der Waals surface area contributed by atoms with E-state index in [9.17, 15) is 5.11 Å². The summed E-state index contributed by atoms with van der Waals surface area (Å²) in [6.45, 7) is 0. The number of aliphatic hydroxyl groups is 1. The van der Waals surface area contributed by atoms with Gasteiger partial charge in [0.15, 0.2) is 0 Å². The minimum atomic E-state index is -0.767. The van der Waals surface area contributed by atoms with Crippen molar-refractivity contribution in [1.82, 2.24) is 15.4 Å². The molecule has 0 spiro atoms. The van der Waals surface area contributed by atoms with Crippen LogP contribution in [0.3, 0.4) is 0 Å². The van der Waals surface area contributed by atoms with Crippen molar-refractivity contribution in [3.05, 3.63) is 41.7 Å². The van der Waals surface area contributed by atoms with Crippen LogP contribution in [-0.4, -0.2) is 26.6 Å². The zero-order chi connectivity index (χ0) is 11.7. The van der Waals surface area contributed by atoms with Crippen LogP contribution in [0.15, 0.2) is 30.5 Å². The van der Waals surface area contributed by atoms with Crippen LogP contribution in [0.4, 0.5) is 0 Å². The van der Waals surface area contributed by atoms with Crippen LogP contribution in [0.5, 0.6) is 5.75 Å². The first-order valence-corrected chi connectivity index (χ1v) is 5.63. The first kappa shape index (κ1) is 10.3. The Balaban J connectivity index is 1.81. The SMILES string of the molecule is OC(c1cccc(OC2CC2)c1)c1cn[nH]n1. The van der Waals surface area contributed by atoms with Gasteiger partial charge in [0.1, 0.15) is 17.5 Å². The third kappa shape index (κ3) is 2.29. The van der Waals surface area contributed by atoms with Crippen molar-refractivity contribution in [3.8, 4) is 5.75 Å². The predicted octanol–water partition coefficient (Wildman–Crippen LogP) is 1.43. The van der Waals surface area contributed by atoms with Gasteiger partial charge in [0.25, 0.3) is 0 Å². The summed E-state index contributed by atoms with van der Waals surface area (Å²) in [5, 5.41) is 20.1. The van der Waals surface area contributed by atoms with Crippen molar-refractivity contribution in [2.24, 2.45) is 0 Å². The molecule has 17 heavy (non-hydrogen) atoms. The van der Waals surface area contributed by atoms with Crippen LogP contribution in [0.25, 0.3) is 0 Å². The molecule has 3 rings (SSSR count). The smallest absolute Gasteiger partial charge is 0.125 e. The monoisotopic (exact) mass is 231 g/mol. The molecule has 1 aromatic carbocycles. The largest absolute Gasteiger partial charge is 0.490 e. The highest BCUT2D eigenvalue weighted by atomic mass is 16.5. The quantitative estimate of drug-likeness (QED) is 0.835. The van der Waals surface area contributed by atoms with Crippen molar-refractivity contribution >= 4 is 0 Å². The van der Waals surface area contributed by atoms with Gasteiger partial charge >= 0.3 is 0 Å². The van der Waals surface area contributed by atoms with Crippen LogP contribution < -0.4 is 4.74 Å². The van der Waals surface area contributed by atoms with Gasteiger partial charge in [-0.05, 0) is 30.5 Å². The van der Waals surface area contributed by atoms with E-state index in [0.717, 1.165) is 24.2 Å². The molecule has 88 valence electrons. The molecule has 1 aliphatic rings. The summed E-state index contributed by atoms with van der Waals surface area (Å²) in [4.78, 5) is 0. The number of aliphatic hydroxyl groups excluding tert-OH is 1. The standard InChI is InChI=1S/C12H13N3O2/c16-12(11-7-13-15-14-11)8-2-1-3-10(6-8)17-9-4-5-9/h1-3,6-7,9,12,16H,4-5H2,(H,13,14,15). The van der Waals surface area contributed by atoms with E-state index in [1.807, 2.05) is 24.3 Å². The Morgan fingerprint density at radius 2 is 2.29 bits per heavy atom. The maximum atomic E-state index is 10.1. The van der Waals surface area contributed by atoms with Gasteiger partial charge in [0.2, 0.25) is 0 Å². The molecule has 1 atom stereocenters. The summed E-state index contributed by atoms with van der Waals surface area (Å²) in [5.41, 5.74) is 1.27. The van der Waals surface area contributed by atoms with Crippen molar-refractivity contribution < 1.29 is 9.84 Å². The van der Waals surface area contributed by atoms with E-state index in [4.69, 9.17) is 4.74 Å². The lowest BCUT2D eigenvalue weighted by molar-refractivity contribution is 0.214. The van der Waals surface area contributed by atoms with E-state index >= 15 is 0 Å². The number of H-pyrrole nitrogens is 1. The first-order chi connectivity index (χ1) is 8.33. The molecule has 0 aliphatic heterocycles. The fourth-order valence-electron chi connectivity index (χ4n) is 1.65. The minimum Gasteiger partial charge on any atom is -0.490 e. The van der Waals surface area contributed by atoms with Gasteiger partial charge in [-0.3, -0.25) is 0 Å². The Morgan fingerprint density at radius 3 is 3.00 bits per heavy atom. The summed E-state index contributed by atoms with van der Waals surface area (Å²) in [6.07, 6.45) is 3.34. The zero-order valence-corrected chi connectivity index (χ0v) is 9.21. The number of ether oxygens (including phenoxy) is 1. The van der Waals surface area contributed by atoms with E-state index in [2.05, 4.69) is 15.4 Å². The zero-order valence-electron chi connectivity index (χ0n) is 9.21.